The van der Waals surface area contributed by atoms with Crippen molar-refractivity contribution in [2.45, 2.75) is 20.3 Å². The largest absolute Gasteiger partial charge is 0.481 e. The fourth-order valence-electron chi connectivity index (χ4n) is 0.391. The molecule has 64 valence electrons. The summed E-state index contributed by atoms with van der Waals surface area (Å²) in [5.74, 6) is -1.93. The summed E-state index contributed by atoms with van der Waals surface area (Å²) >= 11 is 0. The van der Waals surface area contributed by atoms with Crippen molar-refractivity contribution in [1.29, 1.82) is 0 Å². The van der Waals surface area contributed by atoms with Gasteiger partial charge in [-0.15, -0.1) is 0 Å². The van der Waals surface area contributed by atoms with Crippen LogP contribution in [-0.4, -0.2) is 23.7 Å². The molecule has 11 heavy (non-hydrogen) atoms. The quantitative estimate of drug-likeness (QED) is 0.613. The normalized spacial score (nSPS) is 12.2. The minimum atomic E-state index is -0.950. The van der Waals surface area contributed by atoms with Crippen molar-refractivity contribution < 1.29 is 19.4 Å². The number of hydrogen-bond donors (Lipinski definition) is 1. The van der Waals surface area contributed by atoms with Gasteiger partial charge in [-0.05, 0) is 6.92 Å². The molecule has 1 atom stereocenters. The van der Waals surface area contributed by atoms with Crippen LogP contribution in [0, 0.1) is 5.92 Å². The van der Waals surface area contributed by atoms with Gasteiger partial charge in [-0.3, -0.25) is 9.59 Å². The summed E-state index contributed by atoms with van der Waals surface area (Å²) in [7, 11) is 0. The van der Waals surface area contributed by atoms with Crippen LogP contribution in [0.3, 0.4) is 0 Å². The summed E-state index contributed by atoms with van der Waals surface area (Å²) in [5.41, 5.74) is 0. The second-order valence-electron chi connectivity index (χ2n) is 2.28. The molecule has 0 aromatic rings. The molecule has 0 aliphatic heterocycles. The van der Waals surface area contributed by atoms with E-state index in [1.165, 1.54) is 6.92 Å². The molecule has 0 heterocycles. The van der Waals surface area contributed by atoms with E-state index >= 15 is 0 Å². The molecule has 0 aliphatic carbocycles. The molecule has 0 bridgehead atoms. The van der Waals surface area contributed by atoms with Crippen LogP contribution in [0.1, 0.15) is 20.3 Å². The Labute approximate surface area is 65.2 Å². The highest BCUT2D eigenvalue weighted by atomic mass is 16.5. The summed E-state index contributed by atoms with van der Waals surface area (Å²) < 4.78 is 4.59. The Morgan fingerprint density at radius 1 is 1.55 bits per heavy atom. The van der Waals surface area contributed by atoms with Gasteiger partial charge in [0.15, 0.2) is 0 Å². The van der Waals surface area contributed by atoms with Crippen molar-refractivity contribution in [3.05, 3.63) is 0 Å². The SMILES string of the molecule is CCC(=O)OCC(C)C(=O)O. The molecule has 0 spiro atoms. The standard InChI is InChI=1S/C7H12O4/c1-3-6(8)11-4-5(2)7(9)10/h5H,3-4H2,1-2H3,(H,9,10). The van der Waals surface area contributed by atoms with E-state index in [2.05, 4.69) is 4.74 Å². The number of ether oxygens (including phenoxy) is 1. The minimum Gasteiger partial charge on any atom is -0.481 e. The van der Waals surface area contributed by atoms with Crippen molar-refractivity contribution >= 4 is 11.9 Å². The van der Waals surface area contributed by atoms with Gasteiger partial charge in [-0.1, -0.05) is 6.92 Å². The third-order valence-electron chi connectivity index (χ3n) is 1.20. The summed E-state index contributed by atoms with van der Waals surface area (Å²) in [6.07, 6.45) is 0.284. The third-order valence-corrected chi connectivity index (χ3v) is 1.20. The first kappa shape index (κ1) is 9.94. The molecular formula is C7H12O4. The van der Waals surface area contributed by atoms with E-state index in [1.54, 1.807) is 6.92 Å². The van der Waals surface area contributed by atoms with Crippen molar-refractivity contribution in [3.63, 3.8) is 0 Å². The lowest BCUT2D eigenvalue weighted by atomic mass is 10.2. The fourth-order valence-corrected chi connectivity index (χ4v) is 0.391. The minimum absolute atomic E-state index is 0.0397. The van der Waals surface area contributed by atoms with E-state index in [4.69, 9.17) is 5.11 Å². The Morgan fingerprint density at radius 3 is 2.45 bits per heavy atom. The zero-order valence-electron chi connectivity index (χ0n) is 6.66. The molecule has 0 amide bonds. The Morgan fingerprint density at radius 2 is 2.09 bits per heavy atom. The Hall–Kier alpha value is -1.06. The average Bonchev–Trinajstić information content (AvgIpc) is 1.99. The van der Waals surface area contributed by atoms with Crippen LogP contribution < -0.4 is 0 Å². The first-order valence-corrected chi connectivity index (χ1v) is 3.46. The molecule has 4 nitrogen and oxygen atoms in total. The number of esters is 1. The number of carboxylic acid groups (broad SMARTS) is 1. The highest BCUT2D eigenvalue weighted by molar-refractivity contribution is 5.71. The first-order chi connectivity index (χ1) is 5.07. The lowest BCUT2D eigenvalue weighted by Gasteiger charge is -2.05. The van der Waals surface area contributed by atoms with E-state index < -0.39 is 11.9 Å². The van der Waals surface area contributed by atoms with Crippen molar-refractivity contribution in [1.82, 2.24) is 0 Å². The predicted octanol–water partition coefficient (Wildman–Crippen LogP) is 0.660. The van der Waals surface area contributed by atoms with Gasteiger partial charge in [0.05, 0.1) is 5.92 Å². The second kappa shape index (κ2) is 4.71. The van der Waals surface area contributed by atoms with Crippen LogP contribution in [0.2, 0.25) is 0 Å². The first-order valence-electron chi connectivity index (χ1n) is 3.46. The highest BCUT2D eigenvalue weighted by Gasteiger charge is 2.12. The smallest absolute Gasteiger partial charge is 0.309 e. The van der Waals surface area contributed by atoms with Crippen molar-refractivity contribution in [3.8, 4) is 0 Å². The molecule has 0 aliphatic rings. The molecule has 0 saturated carbocycles. The molecule has 0 radical (unpaired) electrons. The lowest BCUT2D eigenvalue weighted by Crippen LogP contribution is -2.18. The Balaban J connectivity index is 3.54. The number of carboxylic acids is 1. The third kappa shape index (κ3) is 4.36. The summed E-state index contributed by atoms with van der Waals surface area (Å²) in [6, 6.07) is 0. The molecule has 1 unspecified atom stereocenters. The van der Waals surface area contributed by atoms with Gasteiger partial charge >= 0.3 is 11.9 Å². The summed E-state index contributed by atoms with van der Waals surface area (Å²) in [6.45, 7) is 3.11. The number of aliphatic carboxylic acids is 1. The summed E-state index contributed by atoms with van der Waals surface area (Å²) in [5, 5.41) is 8.38. The molecule has 1 N–H and O–H groups in total. The van der Waals surface area contributed by atoms with Crippen LogP contribution >= 0.6 is 0 Å². The predicted molar refractivity (Wildman–Crippen MR) is 38.0 cm³/mol. The number of carbonyl (C=O) groups excluding carboxylic acids is 1. The Bertz CT molecular complexity index is 153. The molecule has 0 saturated heterocycles. The van der Waals surface area contributed by atoms with Crippen molar-refractivity contribution in [2.24, 2.45) is 5.92 Å². The van der Waals surface area contributed by atoms with Crippen LogP contribution in [0.25, 0.3) is 0 Å². The average molecular weight is 160 g/mol. The monoisotopic (exact) mass is 160 g/mol. The van der Waals surface area contributed by atoms with Gasteiger partial charge in [0, 0.05) is 6.42 Å². The zero-order valence-corrected chi connectivity index (χ0v) is 6.66. The highest BCUT2D eigenvalue weighted by Crippen LogP contribution is 1.96. The van der Waals surface area contributed by atoms with E-state index in [-0.39, 0.29) is 19.0 Å². The van der Waals surface area contributed by atoms with Gasteiger partial charge < -0.3 is 9.84 Å². The molecule has 4 heteroatoms. The maximum atomic E-state index is 10.5. The van der Waals surface area contributed by atoms with Gasteiger partial charge in [-0.25, -0.2) is 0 Å². The molecule has 0 rings (SSSR count). The van der Waals surface area contributed by atoms with Gasteiger partial charge in [0.2, 0.25) is 0 Å². The zero-order chi connectivity index (χ0) is 8.85. The number of rotatable bonds is 4. The van der Waals surface area contributed by atoms with Gasteiger partial charge in [0.1, 0.15) is 6.61 Å². The lowest BCUT2D eigenvalue weighted by molar-refractivity contribution is -0.150. The topological polar surface area (TPSA) is 63.6 Å². The van der Waals surface area contributed by atoms with Gasteiger partial charge in [0.25, 0.3) is 0 Å². The second-order valence-corrected chi connectivity index (χ2v) is 2.28. The van der Waals surface area contributed by atoms with E-state index in [0.717, 1.165) is 0 Å². The molecular weight excluding hydrogens is 148 g/mol. The molecule has 0 fully saturated rings. The van der Waals surface area contributed by atoms with Gasteiger partial charge in [-0.2, -0.15) is 0 Å². The van der Waals surface area contributed by atoms with E-state index in [1.807, 2.05) is 0 Å². The van der Waals surface area contributed by atoms with Crippen LogP contribution in [-0.2, 0) is 14.3 Å². The van der Waals surface area contributed by atoms with Crippen LogP contribution in [0.5, 0.6) is 0 Å². The van der Waals surface area contributed by atoms with Crippen LogP contribution in [0.15, 0.2) is 0 Å². The van der Waals surface area contributed by atoms with E-state index in [0.29, 0.717) is 0 Å². The number of carbonyl (C=O) groups is 2. The fraction of sp³-hybridized carbons (Fsp3) is 0.714. The molecule has 0 aromatic heterocycles. The summed E-state index contributed by atoms with van der Waals surface area (Å²) in [4.78, 5) is 20.7. The maximum Gasteiger partial charge on any atom is 0.309 e. The van der Waals surface area contributed by atoms with Crippen molar-refractivity contribution in [2.75, 3.05) is 6.61 Å². The van der Waals surface area contributed by atoms with E-state index in [9.17, 15) is 9.59 Å². The number of hydrogen-bond acceptors (Lipinski definition) is 3. The van der Waals surface area contributed by atoms with Crippen LogP contribution in [0.4, 0.5) is 0 Å². The Kier molecular flexibility index (Phi) is 4.26. The molecule has 0 aromatic carbocycles. The maximum absolute atomic E-state index is 10.5.